The van der Waals surface area contributed by atoms with Crippen LogP contribution in [0.25, 0.3) is 11.1 Å². The first-order valence-corrected chi connectivity index (χ1v) is 13.7. The molecular formula is C30H46N2O4. The molecule has 0 spiro atoms. The van der Waals surface area contributed by atoms with Gasteiger partial charge in [0.1, 0.15) is 23.9 Å². The summed E-state index contributed by atoms with van der Waals surface area (Å²) in [4.78, 5) is 0. The maximum absolute atomic E-state index is 11.1. The van der Waals surface area contributed by atoms with Gasteiger partial charge in [0.25, 0.3) is 0 Å². The van der Waals surface area contributed by atoms with Crippen LogP contribution < -0.4 is 25.7 Å². The first kappa shape index (κ1) is 28.3. The summed E-state index contributed by atoms with van der Waals surface area (Å²) in [7, 11) is 0. The fraction of sp³-hybridized carbons (Fsp3) is 0.600. The van der Waals surface area contributed by atoms with E-state index in [4.69, 9.17) is 25.7 Å². The molecule has 5 N–H and O–H groups in total. The molecule has 6 heteroatoms. The number of aliphatic hydroxyl groups excluding tert-OH is 1. The molecule has 0 heterocycles. The van der Waals surface area contributed by atoms with Crippen LogP contribution in [0.15, 0.2) is 36.4 Å². The third kappa shape index (κ3) is 8.12. The van der Waals surface area contributed by atoms with E-state index in [0.29, 0.717) is 50.5 Å². The second-order valence-corrected chi connectivity index (χ2v) is 10.6. The minimum atomic E-state index is -0.700. The van der Waals surface area contributed by atoms with E-state index in [0.717, 1.165) is 34.6 Å². The fourth-order valence-electron chi connectivity index (χ4n) is 4.66. The Labute approximate surface area is 217 Å². The van der Waals surface area contributed by atoms with Crippen LogP contribution in [0, 0.1) is 17.8 Å². The van der Waals surface area contributed by atoms with Crippen molar-refractivity contribution in [3.63, 3.8) is 0 Å². The van der Waals surface area contributed by atoms with Gasteiger partial charge in [0, 0.05) is 6.54 Å². The lowest BCUT2D eigenvalue weighted by Gasteiger charge is -2.24. The van der Waals surface area contributed by atoms with Gasteiger partial charge in [-0.1, -0.05) is 46.1 Å². The minimum Gasteiger partial charge on any atom is -0.493 e. The molecule has 1 aliphatic carbocycles. The van der Waals surface area contributed by atoms with E-state index in [2.05, 4.69) is 13.8 Å². The maximum atomic E-state index is 11.1. The molecule has 0 unspecified atom stereocenters. The molecular weight excluding hydrogens is 452 g/mol. The highest BCUT2D eigenvalue weighted by Crippen LogP contribution is 2.42. The van der Waals surface area contributed by atoms with Crippen molar-refractivity contribution in [2.75, 3.05) is 32.9 Å². The minimum absolute atomic E-state index is 0.0862. The van der Waals surface area contributed by atoms with Crippen LogP contribution in [0.3, 0.4) is 0 Å². The highest BCUT2D eigenvalue weighted by molar-refractivity contribution is 5.78. The van der Waals surface area contributed by atoms with Crippen LogP contribution in [0.2, 0.25) is 0 Å². The van der Waals surface area contributed by atoms with Crippen molar-refractivity contribution in [1.82, 2.24) is 0 Å². The summed E-state index contributed by atoms with van der Waals surface area (Å²) in [5, 5.41) is 11.1. The van der Waals surface area contributed by atoms with Crippen molar-refractivity contribution in [3.05, 3.63) is 42.0 Å². The van der Waals surface area contributed by atoms with E-state index in [-0.39, 0.29) is 5.92 Å². The third-order valence-electron chi connectivity index (χ3n) is 7.00. The summed E-state index contributed by atoms with van der Waals surface area (Å²) >= 11 is 0. The number of aliphatic hydroxyl groups is 1. The van der Waals surface area contributed by atoms with Gasteiger partial charge in [0.15, 0.2) is 0 Å². The predicted molar refractivity (Wildman–Crippen MR) is 147 cm³/mol. The van der Waals surface area contributed by atoms with Crippen molar-refractivity contribution in [2.45, 2.75) is 65.4 Å². The van der Waals surface area contributed by atoms with E-state index < -0.39 is 6.10 Å². The molecule has 6 nitrogen and oxygen atoms in total. The Bertz CT molecular complexity index is 927. The van der Waals surface area contributed by atoms with Gasteiger partial charge in [0.2, 0.25) is 0 Å². The van der Waals surface area contributed by atoms with Gasteiger partial charge < -0.3 is 30.8 Å². The van der Waals surface area contributed by atoms with Gasteiger partial charge >= 0.3 is 0 Å². The number of rotatable bonds is 14. The topological polar surface area (TPSA) is 100.0 Å². The molecule has 0 aliphatic heterocycles. The lowest BCUT2D eigenvalue weighted by Crippen LogP contribution is -2.19. The van der Waals surface area contributed by atoms with E-state index >= 15 is 0 Å². The fourth-order valence-corrected chi connectivity index (χ4v) is 4.66. The van der Waals surface area contributed by atoms with Crippen molar-refractivity contribution < 1.29 is 19.3 Å². The first-order chi connectivity index (χ1) is 17.4. The zero-order chi connectivity index (χ0) is 25.9. The Kier molecular flexibility index (Phi) is 11.4. The van der Waals surface area contributed by atoms with E-state index in [1.165, 1.54) is 32.1 Å². The maximum Gasteiger partial charge on any atom is 0.130 e. The van der Waals surface area contributed by atoms with E-state index in [1.54, 1.807) is 0 Å². The van der Waals surface area contributed by atoms with Gasteiger partial charge in [-0.2, -0.15) is 0 Å². The molecule has 0 bridgehead atoms. The third-order valence-corrected chi connectivity index (χ3v) is 7.00. The lowest BCUT2D eigenvalue weighted by molar-refractivity contribution is 0.121. The van der Waals surface area contributed by atoms with Gasteiger partial charge in [-0.3, -0.25) is 0 Å². The molecule has 3 rings (SSSR count). The van der Waals surface area contributed by atoms with Crippen molar-refractivity contribution >= 4 is 0 Å². The molecule has 0 aromatic heterocycles. The Morgan fingerprint density at radius 3 is 2.25 bits per heavy atom. The lowest BCUT2D eigenvalue weighted by atomic mass is 9.90. The van der Waals surface area contributed by atoms with Crippen LogP contribution in [0.5, 0.6) is 17.2 Å². The van der Waals surface area contributed by atoms with Crippen molar-refractivity contribution in [2.24, 2.45) is 29.2 Å². The average Bonchev–Trinajstić information content (AvgIpc) is 2.90. The predicted octanol–water partition coefficient (Wildman–Crippen LogP) is 5.70. The molecule has 200 valence electrons. The number of nitrogens with two attached hydrogens (primary N) is 2. The second-order valence-electron chi connectivity index (χ2n) is 10.6. The quantitative estimate of drug-likeness (QED) is 0.309. The monoisotopic (exact) mass is 498 g/mol. The summed E-state index contributed by atoms with van der Waals surface area (Å²) in [6.07, 6.45) is 6.54. The smallest absolute Gasteiger partial charge is 0.130 e. The van der Waals surface area contributed by atoms with Gasteiger partial charge in [-0.05, 0) is 85.0 Å². The zero-order valence-electron chi connectivity index (χ0n) is 22.4. The number of benzene rings is 2. The molecule has 0 amide bonds. The Morgan fingerprint density at radius 1 is 0.917 bits per heavy atom. The molecule has 2 aromatic carbocycles. The van der Waals surface area contributed by atoms with E-state index in [1.807, 2.05) is 43.3 Å². The van der Waals surface area contributed by atoms with Crippen molar-refractivity contribution in [1.29, 1.82) is 0 Å². The molecule has 1 saturated carbocycles. The highest BCUT2D eigenvalue weighted by atomic mass is 16.5. The van der Waals surface area contributed by atoms with Crippen molar-refractivity contribution in [3.8, 4) is 28.4 Å². The Morgan fingerprint density at radius 2 is 1.61 bits per heavy atom. The summed E-state index contributed by atoms with van der Waals surface area (Å²) in [5.74, 6) is 3.24. The average molecular weight is 499 g/mol. The SMILES string of the molecule is CC(C)CCOc1cccc(OCCN)c1-c1cc(OCC2CCCCC2)cc([C@@H](O)[C@H](C)CN)c1. The molecule has 2 atom stereocenters. The summed E-state index contributed by atoms with van der Waals surface area (Å²) in [6, 6.07) is 11.8. The molecule has 0 radical (unpaired) electrons. The van der Waals surface area contributed by atoms with Crippen LogP contribution in [-0.4, -0.2) is 38.0 Å². The van der Waals surface area contributed by atoms with Crippen LogP contribution >= 0.6 is 0 Å². The Balaban J connectivity index is 2.01. The normalized spacial score (nSPS) is 16.1. The van der Waals surface area contributed by atoms with Crippen LogP contribution in [0.1, 0.15) is 71.0 Å². The highest BCUT2D eigenvalue weighted by Gasteiger charge is 2.21. The first-order valence-electron chi connectivity index (χ1n) is 13.7. The second kappa shape index (κ2) is 14.5. The summed E-state index contributed by atoms with van der Waals surface area (Å²) in [6.45, 7) is 8.84. The van der Waals surface area contributed by atoms with Gasteiger partial charge in [-0.15, -0.1) is 0 Å². The molecule has 2 aromatic rings. The standard InChI is InChI=1S/C30H46N2O4/c1-21(2)12-14-34-27-10-7-11-28(35-15-13-31)29(27)24-16-25(30(33)22(3)19-32)18-26(17-24)36-20-23-8-5-4-6-9-23/h7,10-11,16-18,21-23,30,33H,4-6,8-9,12-15,19-20,31-32H2,1-3H3/t22-,30+/m1/s1. The molecule has 1 fully saturated rings. The van der Waals surface area contributed by atoms with Crippen LogP contribution in [0.4, 0.5) is 0 Å². The van der Waals surface area contributed by atoms with Gasteiger partial charge in [-0.25, -0.2) is 0 Å². The number of hydrogen-bond donors (Lipinski definition) is 3. The number of ether oxygens (including phenoxy) is 3. The zero-order valence-corrected chi connectivity index (χ0v) is 22.4. The van der Waals surface area contributed by atoms with Gasteiger partial charge in [0.05, 0.1) is 24.9 Å². The summed E-state index contributed by atoms with van der Waals surface area (Å²) < 4.78 is 18.6. The largest absolute Gasteiger partial charge is 0.493 e. The van der Waals surface area contributed by atoms with Crippen LogP contribution in [-0.2, 0) is 0 Å². The number of hydrogen-bond acceptors (Lipinski definition) is 6. The summed E-state index contributed by atoms with van der Waals surface area (Å²) in [5.41, 5.74) is 14.2. The molecule has 36 heavy (non-hydrogen) atoms. The molecule has 1 aliphatic rings. The molecule has 0 saturated heterocycles. The Hall–Kier alpha value is -2.28. The van der Waals surface area contributed by atoms with E-state index in [9.17, 15) is 5.11 Å².